The first-order chi connectivity index (χ1) is 15.1. The fourth-order valence-electron chi connectivity index (χ4n) is 5.18. The first kappa shape index (κ1) is 37.5. The molecular weight excluding hydrogens is 541 g/mol. The van der Waals surface area contributed by atoms with Crippen molar-refractivity contribution < 1.29 is 16.4 Å². The third-order valence-electron chi connectivity index (χ3n) is 7.00. The molecule has 0 bridgehead atoms. The molecule has 5 rings (SSSR count). The minimum atomic E-state index is 0. The molecule has 37 heavy (non-hydrogen) atoms. The summed E-state index contributed by atoms with van der Waals surface area (Å²) in [5, 5.41) is 3.61. The summed E-state index contributed by atoms with van der Waals surface area (Å²) in [6, 6.07) is 0.432. The second kappa shape index (κ2) is 16.4. The molecule has 2 aliphatic carbocycles. The predicted octanol–water partition coefficient (Wildman–Crippen LogP) is 1.34. The van der Waals surface area contributed by atoms with Crippen LogP contribution in [0.3, 0.4) is 0 Å². The number of nitrogens with zero attached hydrogens (tertiary/aromatic N) is 5. The van der Waals surface area contributed by atoms with E-state index in [1.807, 2.05) is 0 Å². The molecule has 1 unspecified atom stereocenters. The second-order valence-corrected chi connectivity index (χ2v) is 9.12. The van der Waals surface area contributed by atoms with Crippen molar-refractivity contribution in [3.05, 3.63) is 46.2 Å². The van der Waals surface area contributed by atoms with Crippen molar-refractivity contribution in [3.63, 3.8) is 0 Å². The lowest BCUT2D eigenvalue weighted by atomic mass is 9.80. The van der Waals surface area contributed by atoms with Crippen molar-refractivity contribution in [3.8, 4) is 0 Å². The zero-order chi connectivity index (χ0) is 21.4. The number of piperidine rings is 1. The summed E-state index contributed by atoms with van der Waals surface area (Å²) in [5.74, 6) is 1.04. The maximum absolute atomic E-state index is 5.70. The SMILES string of the molecule is Cc1nc2c(nc1C)C(C1=C3N=C(NC4CCN(CCN)CC4)N=C3CC=C1)CCC2.Cl.Cl.Cl.O.O.O. The van der Waals surface area contributed by atoms with E-state index in [4.69, 9.17) is 25.7 Å². The first-order valence-corrected chi connectivity index (χ1v) is 11.7. The number of allylic oxidation sites excluding steroid dienone is 4. The second-order valence-electron chi connectivity index (χ2n) is 9.12. The van der Waals surface area contributed by atoms with E-state index in [1.165, 1.54) is 5.57 Å². The van der Waals surface area contributed by atoms with Gasteiger partial charge in [-0.3, -0.25) is 9.97 Å². The van der Waals surface area contributed by atoms with Crippen LogP contribution < -0.4 is 11.1 Å². The van der Waals surface area contributed by atoms with Gasteiger partial charge in [-0.1, -0.05) is 12.2 Å². The van der Waals surface area contributed by atoms with Crippen molar-refractivity contribution in [1.82, 2.24) is 20.2 Å². The number of guanidine groups is 1. The molecule has 9 N–H and O–H groups in total. The Balaban J connectivity index is 0. The number of hydrogen-bond donors (Lipinski definition) is 2. The van der Waals surface area contributed by atoms with Crippen LogP contribution in [0.2, 0.25) is 0 Å². The topological polar surface area (TPSA) is 186 Å². The molecule has 10 nitrogen and oxygen atoms in total. The van der Waals surface area contributed by atoms with Gasteiger partial charge in [0, 0.05) is 44.6 Å². The van der Waals surface area contributed by atoms with Gasteiger partial charge in [-0.15, -0.1) is 37.2 Å². The quantitative estimate of drug-likeness (QED) is 0.541. The van der Waals surface area contributed by atoms with Crippen molar-refractivity contribution in [2.45, 2.75) is 64.3 Å². The Hall–Kier alpha value is -1.63. The largest absolute Gasteiger partial charge is 0.412 e. The average Bonchev–Trinajstić information content (AvgIpc) is 3.18. The predicted molar refractivity (Wildman–Crippen MR) is 157 cm³/mol. The fraction of sp³-hybridized carbons (Fsp3) is 0.583. The van der Waals surface area contributed by atoms with Crippen LogP contribution in [-0.2, 0) is 6.42 Å². The minimum Gasteiger partial charge on any atom is -0.412 e. The molecule has 0 saturated carbocycles. The van der Waals surface area contributed by atoms with Gasteiger partial charge in [0.2, 0.25) is 5.96 Å². The first-order valence-electron chi connectivity index (χ1n) is 11.7. The number of aliphatic imine (C=N–C) groups is 2. The summed E-state index contributed by atoms with van der Waals surface area (Å²) in [5.41, 5.74) is 13.5. The Morgan fingerprint density at radius 1 is 0.973 bits per heavy atom. The molecule has 0 spiro atoms. The lowest BCUT2D eigenvalue weighted by Crippen LogP contribution is -2.45. The van der Waals surface area contributed by atoms with Crippen molar-refractivity contribution in [1.29, 1.82) is 0 Å². The van der Waals surface area contributed by atoms with Gasteiger partial charge in [0.25, 0.3) is 0 Å². The lowest BCUT2D eigenvalue weighted by molar-refractivity contribution is 0.211. The van der Waals surface area contributed by atoms with Gasteiger partial charge in [0.1, 0.15) is 0 Å². The summed E-state index contributed by atoms with van der Waals surface area (Å²) < 4.78 is 0. The summed E-state index contributed by atoms with van der Waals surface area (Å²) in [4.78, 5) is 22.1. The Morgan fingerprint density at radius 3 is 2.32 bits per heavy atom. The number of rotatable bonds is 4. The molecule has 4 aliphatic rings. The molecule has 1 aromatic rings. The van der Waals surface area contributed by atoms with E-state index < -0.39 is 0 Å². The Morgan fingerprint density at radius 2 is 1.65 bits per heavy atom. The van der Waals surface area contributed by atoms with Crippen molar-refractivity contribution >= 4 is 48.9 Å². The normalized spacial score (nSPS) is 20.1. The van der Waals surface area contributed by atoms with E-state index in [9.17, 15) is 0 Å². The van der Waals surface area contributed by atoms with Gasteiger partial charge < -0.3 is 32.4 Å². The Labute approximate surface area is 237 Å². The summed E-state index contributed by atoms with van der Waals surface area (Å²) in [6.45, 7) is 8.01. The van der Waals surface area contributed by atoms with Crippen molar-refractivity contribution in [2.24, 2.45) is 15.7 Å². The maximum Gasteiger partial charge on any atom is 0.223 e. The molecule has 2 aliphatic heterocycles. The molecule has 0 radical (unpaired) electrons. The fourth-order valence-corrected chi connectivity index (χ4v) is 5.18. The van der Waals surface area contributed by atoms with Crippen LogP contribution in [0.25, 0.3) is 0 Å². The molecule has 1 fully saturated rings. The molecule has 212 valence electrons. The highest BCUT2D eigenvalue weighted by molar-refractivity contribution is 6.14. The van der Waals surface area contributed by atoms with Gasteiger partial charge in [-0.25, -0.2) is 9.98 Å². The summed E-state index contributed by atoms with van der Waals surface area (Å²) >= 11 is 0. The third kappa shape index (κ3) is 7.93. The molecule has 3 heterocycles. The van der Waals surface area contributed by atoms with Gasteiger partial charge in [0.05, 0.1) is 34.2 Å². The van der Waals surface area contributed by atoms with Crippen LogP contribution in [0.15, 0.2) is 33.4 Å². The van der Waals surface area contributed by atoms with E-state index in [0.29, 0.717) is 6.04 Å². The zero-order valence-electron chi connectivity index (χ0n) is 21.4. The molecular formula is C24H42Cl3N7O3. The zero-order valence-corrected chi connectivity index (χ0v) is 23.9. The summed E-state index contributed by atoms with van der Waals surface area (Å²) in [6.07, 6.45) is 10.8. The number of halogens is 3. The van der Waals surface area contributed by atoms with Crippen LogP contribution in [0.4, 0.5) is 0 Å². The highest BCUT2D eigenvalue weighted by atomic mass is 35.5. The van der Waals surface area contributed by atoms with E-state index in [0.717, 1.165) is 105 Å². The molecule has 0 amide bonds. The highest BCUT2D eigenvalue weighted by Gasteiger charge is 2.32. The smallest absolute Gasteiger partial charge is 0.223 e. The van der Waals surface area contributed by atoms with Gasteiger partial charge in [-0.05, 0) is 51.5 Å². The lowest BCUT2D eigenvalue weighted by Gasteiger charge is -2.31. The van der Waals surface area contributed by atoms with E-state index >= 15 is 0 Å². The maximum atomic E-state index is 5.70. The average molecular weight is 583 g/mol. The molecule has 1 atom stereocenters. The van der Waals surface area contributed by atoms with Crippen LogP contribution in [0.5, 0.6) is 0 Å². The van der Waals surface area contributed by atoms with Gasteiger partial charge in [0.15, 0.2) is 0 Å². The van der Waals surface area contributed by atoms with E-state index in [-0.39, 0.29) is 59.6 Å². The van der Waals surface area contributed by atoms with Crippen LogP contribution in [0.1, 0.15) is 60.8 Å². The Bertz CT molecular complexity index is 1010. The van der Waals surface area contributed by atoms with E-state index in [2.05, 4.69) is 36.2 Å². The number of likely N-dealkylation sites (tertiary alicyclic amines) is 1. The molecule has 13 heteroatoms. The van der Waals surface area contributed by atoms with Gasteiger partial charge >= 0.3 is 0 Å². The standard InChI is InChI=1S/C24H33N7.3ClH.3H2O/c1-15-16(2)27-22-18(5-3-7-20(22)26-15)19-6-4-8-21-23(19)30-24(29-21)28-17-9-12-31(13-10-17)14-11-25;;;;;;/h4,6,17-18H,3,5,7-14,25H2,1-2H3,(H,28,30);3*1H;3*1H2. The number of aromatic nitrogens is 2. The Kier molecular flexibility index (Phi) is 16.6. The number of hydrogen-bond acceptors (Lipinski definition) is 7. The highest BCUT2D eigenvalue weighted by Crippen LogP contribution is 2.40. The number of nitrogens with one attached hydrogen (secondary N) is 1. The third-order valence-corrected chi connectivity index (χ3v) is 7.00. The molecule has 1 saturated heterocycles. The minimum absolute atomic E-state index is 0. The number of nitrogens with two attached hydrogens (primary N) is 1. The molecule has 1 aromatic heterocycles. The van der Waals surface area contributed by atoms with Crippen LogP contribution in [0, 0.1) is 13.8 Å². The van der Waals surface area contributed by atoms with Crippen molar-refractivity contribution in [2.75, 3.05) is 26.2 Å². The molecule has 0 aromatic carbocycles. The number of aryl methyl sites for hydroxylation is 3. The van der Waals surface area contributed by atoms with Gasteiger partial charge in [-0.2, -0.15) is 0 Å². The monoisotopic (exact) mass is 581 g/mol. The van der Waals surface area contributed by atoms with Crippen LogP contribution >= 0.6 is 37.2 Å². The number of fused-ring (bicyclic) bond motifs is 2. The van der Waals surface area contributed by atoms with E-state index in [1.54, 1.807) is 0 Å². The summed E-state index contributed by atoms with van der Waals surface area (Å²) in [7, 11) is 0. The van der Waals surface area contributed by atoms with Crippen LogP contribution in [-0.4, -0.2) is 75.2 Å².